The SMILES string of the molecule is CCC1CC2CNCC(C1)C2. The van der Waals surface area contributed by atoms with Gasteiger partial charge in [-0.2, -0.15) is 0 Å². The van der Waals surface area contributed by atoms with Crippen molar-refractivity contribution in [1.29, 1.82) is 0 Å². The summed E-state index contributed by atoms with van der Waals surface area (Å²) >= 11 is 0. The van der Waals surface area contributed by atoms with Gasteiger partial charge < -0.3 is 5.32 Å². The molecule has 2 aliphatic rings. The third kappa shape index (κ3) is 1.58. The monoisotopic (exact) mass is 153 g/mol. The minimum atomic E-state index is 1.02. The summed E-state index contributed by atoms with van der Waals surface area (Å²) in [7, 11) is 0. The molecule has 64 valence electrons. The fourth-order valence-electron chi connectivity index (χ4n) is 2.86. The molecular formula is C10H19N. The molecule has 2 unspecified atom stereocenters. The quantitative estimate of drug-likeness (QED) is 0.608. The first kappa shape index (κ1) is 7.60. The van der Waals surface area contributed by atoms with Gasteiger partial charge >= 0.3 is 0 Å². The summed E-state index contributed by atoms with van der Waals surface area (Å²) in [5.74, 6) is 3.10. The van der Waals surface area contributed by atoms with Crippen molar-refractivity contribution in [3.05, 3.63) is 0 Å². The van der Waals surface area contributed by atoms with Crippen LogP contribution in [0.25, 0.3) is 0 Å². The third-order valence-corrected chi connectivity index (χ3v) is 3.44. The van der Waals surface area contributed by atoms with Crippen LogP contribution in [-0.4, -0.2) is 13.1 Å². The fourth-order valence-corrected chi connectivity index (χ4v) is 2.86. The Labute approximate surface area is 69.6 Å². The van der Waals surface area contributed by atoms with Crippen LogP contribution in [0.1, 0.15) is 32.6 Å². The average Bonchev–Trinajstić information content (AvgIpc) is 2.03. The minimum Gasteiger partial charge on any atom is -0.316 e. The lowest BCUT2D eigenvalue weighted by Crippen LogP contribution is -2.41. The molecule has 1 aliphatic carbocycles. The van der Waals surface area contributed by atoms with Crippen molar-refractivity contribution >= 4 is 0 Å². The molecule has 0 aromatic rings. The van der Waals surface area contributed by atoms with E-state index in [4.69, 9.17) is 0 Å². The van der Waals surface area contributed by atoms with E-state index >= 15 is 0 Å². The normalized spacial score (nSPS) is 43.9. The lowest BCUT2D eigenvalue weighted by molar-refractivity contribution is 0.149. The van der Waals surface area contributed by atoms with Gasteiger partial charge in [0.25, 0.3) is 0 Å². The van der Waals surface area contributed by atoms with E-state index in [1.165, 1.54) is 38.8 Å². The van der Waals surface area contributed by atoms with Crippen LogP contribution in [0.3, 0.4) is 0 Å². The molecule has 0 aromatic heterocycles. The van der Waals surface area contributed by atoms with Gasteiger partial charge in [-0.25, -0.2) is 0 Å². The predicted octanol–water partition coefficient (Wildman–Crippen LogP) is 2.03. The lowest BCUT2D eigenvalue weighted by Gasteiger charge is -2.39. The fraction of sp³-hybridized carbons (Fsp3) is 1.00. The molecule has 1 nitrogen and oxygen atoms in total. The smallest absolute Gasteiger partial charge is 0.00202 e. The van der Waals surface area contributed by atoms with Crippen LogP contribution in [0.15, 0.2) is 0 Å². The maximum atomic E-state index is 3.53. The first-order valence-corrected chi connectivity index (χ1v) is 5.09. The summed E-state index contributed by atoms with van der Waals surface area (Å²) in [5.41, 5.74) is 0. The van der Waals surface area contributed by atoms with Crippen LogP contribution in [0.4, 0.5) is 0 Å². The summed E-state index contributed by atoms with van der Waals surface area (Å²) in [5, 5.41) is 3.53. The number of hydrogen-bond acceptors (Lipinski definition) is 1. The van der Waals surface area contributed by atoms with Gasteiger partial charge in [-0.15, -0.1) is 0 Å². The van der Waals surface area contributed by atoms with Gasteiger partial charge in [-0.1, -0.05) is 13.3 Å². The van der Waals surface area contributed by atoms with E-state index in [9.17, 15) is 0 Å². The largest absolute Gasteiger partial charge is 0.316 e. The zero-order valence-electron chi connectivity index (χ0n) is 7.47. The summed E-state index contributed by atoms with van der Waals surface area (Å²) in [6, 6.07) is 0. The number of fused-ring (bicyclic) bond motifs is 2. The highest BCUT2D eigenvalue weighted by Crippen LogP contribution is 2.36. The zero-order valence-corrected chi connectivity index (χ0v) is 7.47. The van der Waals surface area contributed by atoms with Gasteiger partial charge in [0.15, 0.2) is 0 Å². The highest BCUT2D eigenvalue weighted by atomic mass is 14.9. The van der Waals surface area contributed by atoms with E-state index in [-0.39, 0.29) is 0 Å². The molecule has 1 saturated heterocycles. The Hall–Kier alpha value is -0.0400. The Morgan fingerprint density at radius 2 is 1.73 bits per heavy atom. The molecule has 2 atom stereocenters. The standard InChI is InChI=1S/C10H19N/c1-2-8-3-9-5-10(4-8)7-11-6-9/h8-11H,2-7H2,1H3. The Bertz CT molecular complexity index is 121. The second kappa shape index (κ2) is 3.14. The molecule has 0 aromatic carbocycles. The second-order valence-electron chi connectivity index (χ2n) is 4.37. The van der Waals surface area contributed by atoms with Gasteiger partial charge in [0, 0.05) is 0 Å². The number of hydrogen-bond donors (Lipinski definition) is 1. The Balaban J connectivity index is 1.94. The highest BCUT2D eigenvalue weighted by Gasteiger charge is 2.30. The molecule has 0 amide bonds. The van der Waals surface area contributed by atoms with E-state index in [1.807, 2.05) is 0 Å². The summed E-state index contributed by atoms with van der Waals surface area (Å²) in [4.78, 5) is 0. The molecule has 0 spiro atoms. The first-order chi connectivity index (χ1) is 5.38. The lowest BCUT2D eigenvalue weighted by atomic mass is 9.72. The number of piperidine rings is 1. The van der Waals surface area contributed by atoms with Crippen molar-refractivity contribution in [1.82, 2.24) is 5.32 Å². The van der Waals surface area contributed by atoms with Crippen molar-refractivity contribution in [3.63, 3.8) is 0 Å². The summed E-state index contributed by atoms with van der Waals surface area (Å²) in [6.45, 7) is 4.94. The Morgan fingerprint density at radius 1 is 1.09 bits per heavy atom. The van der Waals surface area contributed by atoms with Crippen LogP contribution < -0.4 is 5.32 Å². The number of rotatable bonds is 1. The van der Waals surface area contributed by atoms with Crippen LogP contribution in [0.2, 0.25) is 0 Å². The van der Waals surface area contributed by atoms with Crippen LogP contribution in [-0.2, 0) is 0 Å². The van der Waals surface area contributed by atoms with E-state index in [0.717, 1.165) is 17.8 Å². The van der Waals surface area contributed by atoms with Gasteiger partial charge in [-0.3, -0.25) is 0 Å². The van der Waals surface area contributed by atoms with Gasteiger partial charge in [-0.05, 0) is 50.1 Å². The van der Waals surface area contributed by atoms with E-state index < -0.39 is 0 Å². The Kier molecular flexibility index (Phi) is 2.17. The molecule has 1 aliphatic heterocycles. The maximum absolute atomic E-state index is 3.53. The first-order valence-electron chi connectivity index (χ1n) is 5.09. The minimum absolute atomic E-state index is 1.02. The molecule has 11 heavy (non-hydrogen) atoms. The molecular weight excluding hydrogens is 134 g/mol. The van der Waals surface area contributed by atoms with Crippen LogP contribution in [0, 0.1) is 17.8 Å². The van der Waals surface area contributed by atoms with Crippen molar-refractivity contribution in [2.45, 2.75) is 32.6 Å². The molecule has 1 heteroatoms. The predicted molar refractivity (Wildman–Crippen MR) is 47.5 cm³/mol. The van der Waals surface area contributed by atoms with Crippen LogP contribution >= 0.6 is 0 Å². The van der Waals surface area contributed by atoms with E-state index in [2.05, 4.69) is 12.2 Å². The molecule has 2 bridgehead atoms. The van der Waals surface area contributed by atoms with Crippen molar-refractivity contribution in [2.24, 2.45) is 17.8 Å². The number of nitrogens with one attached hydrogen (secondary N) is 1. The molecule has 2 rings (SSSR count). The second-order valence-corrected chi connectivity index (χ2v) is 4.37. The zero-order chi connectivity index (χ0) is 7.68. The van der Waals surface area contributed by atoms with Crippen LogP contribution in [0.5, 0.6) is 0 Å². The summed E-state index contributed by atoms with van der Waals surface area (Å²) in [6.07, 6.45) is 5.93. The average molecular weight is 153 g/mol. The van der Waals surface area contributed by atoms with Gasteiger partial charge in [0.1, 0.15) is 0 Å². The highest BCUT2D eigenvalue weighted by molar-refractivity contribution is 4.84. The van der Waals surface area contributed by atoms with E-state index in [1.54, 1.807) is 0 Å². The van der Waals surface area contributed by atoms with Crippen molar-refractivity contribution < 1.29 is 0 Å². The topological polar surface area (TPSA) is 12.0 Å². The van der Waals surface area contributed by atoms with Gasteiger partial charge in [0.2, 0.25) is 0 Å². The molecule has 1 N–H and O–H groups in total. The van der Waals surface area contributed by atoms with Gasteiger partial charge in [0.05, 0.1) is 0 Å². The summed E-state index contributed by atoms with van der Waals surface area (Å²) < 4.78 is 0. The van der Waals surface area contributed by atoms with Crippen molar-refractivity contribution in [3.8, 4) is 0 Å². The molecule has 1 saturated carbocycles. The molecule has 0 radical (unpaired) electrons. The third-order valence-electron chi connectivity index (χ3n) is 3.44. The molecule has 2 fully saturated rings. The van der Waals surface area contributed by atoms with E-state index in [0.29, 0.717) is 0 Å². The molecule has 1 heterocycles. The maximum Gasteiger partial charge on any atom is -0.00202 e. The van der Waals surface area contributed by atoms with Crippen molar-refractivity contribution in [2.75, 3.05) is 13.1 Å². The Morgan fingerprint density at radius 3 is 2.27 bits per heavy atom.